The normalized spacial score (nSPS) is 21.4. The predicted molar refractivity (Wildman–Crippen MR) is 107 cm³/mol. The number of amides is 1. The van der Waals surface area contributed by atoms with Gasteiger partial charge in [-0.15, -0.1) is 0 Å². The number of hydrogen-bond acceptors (Lipinski definition) is 4. The minimum absolute atomic E-state index is 0.127. The zero-order valence-electron chi connectivity index (χ0n) is 17.1. The first kappa shape index (κ1) is 19.5. The molecule has 1 atom stereocenters. The number of hydrogen-bond donors (Lipinski definition) is 2. The highest BCUT2D eigenvalue weighted by atomic mass is 19.1. The smallest absolute Gasteiger partial charge is 0.255 e. The Bertz CT molecular complexity index is 937. The van der Waals surface area contributed by atoms with Crippen molar-refractivity contribution in [3.63, 3.8) is 0 Å². The van der Waals surface area contributed by atoms with E-state index in [9.17, 15) is 13.6 Å². The molecule has 0 radical (unpaired) electrons. The van der Waals surface area contributed by atoms with E-state index in [0.29, 0.717) is 12.1 Å². The zero-order chi connectivity index (χ0) is 20.9. The molecule has 4 rings (SSSR count). The third-order valence-corrected chi connectivity index (χ3v) is 5.95. The van der Waals surface area contributed by atoms with E-state index >= 15 is 0 Å². The van der Waals surface area contributed by atoms with Crippen LogP contribution in [0.2, 0.25) is 0 Å². The summed E-state index contributed by atoms with van der Waals surface area (Å²) in [5, 5.41) is 6.88. The van der Waals surface area contributed by atoms with Gasteiger partial charge in [-0.3, -0.25) is 4.79 Å². The predicted octanol–water partition coefficient (Wildman–Crippen LogP) is 2.98. The minimum atomic E-state index is -0.931. The van der Waals surface area contributed by atoms with Crippen LogP contribution in [0.15, 0.2) is 47.1 Å². The largest absolute Gasteiger partial charge is 0.381 e. The molecule has 1 amide bonds. The number of alkyl halides is 1. The molecule has 1 aromatic carbocycles. The Balaban J connectivity index is 1.59. The fourth-order valence-electron chi connectivity index (χ4n) is 4.05. The summed E-state index contributed by atoms with van der Waals surface area (Å²) in [6, 6.07) is 3.06. The van der Waals surface area contributed by atoms with Gasteiger partial charge in [-0.2, -0.15) is 0 Å². The number of nitrogens with zero attached hydrogens (tertiary/aromatic N) is 2. The van der Waals surface area contributed by atoms with Gasteiger partial charge in [-0.05, 0) is 62.6 Å². The van der Waals surface area contributed by atoms with Gasteiger partial charge in [0, 0.05) is 24.1 Å². The summed E-state index contributed by atoms with van der Waals surface area (Å²) in [5.41, 5.74) is 6.25. The van der Waals surface area contributed by atoms with Crippen molar-refractivity contribution in [1.82, 2.24) is 20.4 Å². The lowest BCUT2D eigenvalue weighted by molar-refractivity contribution is -0.133. The van der Waals surface area contributed by atoms with E-state index in [2.05, 4.69) is 10.6 Å². The third-order valence-electron chi connectivity index (χ3n) is 5.95. The van der Waals surface area contributed by atoms with Crippen LogP contribution in [0.3, 0.4) is 0 Å². The molecule has 0 aliphatic carbocycles. The van der Waals surface area contributed by atoms with E-state index in [-0.39, 0.29) is 31.0 Å². The second-order valence-corrected chi connectivity index (χ2v) is 8.03. The molecule has 3 aliphatic rings. The van der Waals surface area contributed by atoms with E-state index in [1.807, 2.05) is 44.9 Å². The summed E-state index contributed by atoms with van der Waals surface area (Å²) in [7, 11) is 0. The number of rotatable bonds is 4. The maximum Gasteiger partial charge on any atom is 0.255 e. The number of carbonyl (C=O) groups excluding carboxylic acids is 1. The molecule has 5 nitrogen and oxygen atoms in total. The number of aryl methyl sites for hydroxylation is 2. The van der Waals surface area contributed by atoms with Crippen molar-refractivity contribution < 1.29 is 13.6 Å². The Kier molecular flexibility index (Phi) is 4.84. The van der Waals surface area contributed by atoms with Crippen molar-refractivity contribution in [3.05, 3.63) is 69.6 Å². The van der Waals surface area contributed by atoms with Crippen LogP contribution in [0, 0.1) is 19.7 Å². The molecule has 1 aromatic rings. The highest BCUT2D eigenvalue weighted by Gasteiger charge is 2.36. The van der Waals surface area contributed by atoms with Crippen molar-refractivity contribution >= 4 is 5.91 Å². The van der Waals surface area contributed by atoms with Gasteiger partial charge in [0.05, 0.1) is 24.4 Å². The number of halogens is 2. The number of fused-ring (bicyclic) bond motifs is 1. The summed E-state index contributed by atoms with van der Waals surface area (Å²) in [6.07, 6.45) is 2.61. The van der Waals surface area contributed by atoms with Crippen molar-refractivity contribution in [2.24, 2.45) is 0 Å². The first-order chi connectivity index (χ1) is 13.7. The lowest BCUT2D eigenvalue weighted by Crippen LogP contribution is -2.52. The van der Waals surface area contributed by atoms with E-state index in [0.717, 1.165) is 33.8 Å². The average Bonchev–Trinajstić information content (AvgIpc) is 2.92. The van der Waals surface area contributed by atoms with E-state index in [1.54, 1.807) is 0 Å². The van der Waals surface area contributed by atoms with Crippen LogP contribution in [0.25, 0.3) is 0 Å². The highest BCUT2D eigenvalue weighted by Crippen LogP contribution is 2.30. The first-order valence-electron chi connectivity index (χ1n) is 9.83. The van der Waals surface area contributed by atoms with Crippen molar-refractivity contribution in [3.8, 4) is 0 Å². The second-order valence-electron chi connectivity index (χ2n) is 8.03. The van der Waals surface area contributed by atoms with Crippen LogP contribution in [-0.2, 0) is 11.3 Å². The average molecular weight is 400 g/mol. The molecule has 29 heavy (non-hydrogen) atoms. The third kappa shape index (κ3) is 3.50. The highest BCUT2D eigenvalue weighted by molar-refractivity contribution is 5.97. The molecule has 0 aromatic heterocycles. The molecular formula is C22H26F2N4O. The topological polar surface area (TPSA) is 47.6 Å². The van der Waals surface area contributed by atoms with Gasteiger partial charge in [-0.1, -0.05) is 0 Å². The zero-order valence-corrected chi connectivity index (χ0v) is 17.1. The quantitative estimate of drug-likeness (QED) is 0.816. The summed E-state index contributed by atoms with van der Waals surface area (Å²) in [6.45, 7) is 8.60. The molecule has 0 spiro atoms. The minimum Gasteiger partial charge on any atom is -0.381 e. The Labute approximate surface area is 169 Å². The fourth-order valence-corrected chi connectivity index (χ4v) is 4.05. The number of nitrogens with one attached hydrogen (secondary N) is 2. The van der Waals surface area contributed by atoms with Crippen molar-refractivity contribution in [1.29, 1.82) is 0 Å². The molecule has 3 aliphatic heterocycles. The number of likely N-dealkylation sites (tertiary alicyclic amines) is 1. The van der Waals surface area contributed by atoms with Crippen molar-refractivity contribution in [2.75, 3.05) is 13.1 Å². The van der Waals surface area contributed by atoms with Gasteiger partial charge in [0.15, 0.2) is 0 Å². The maximum absolute atomic E-state index is 13.6. The van der Waals surface area contributed by atoms with Crippen LogP contribution >= 0.6 is 0 Å². The van der Waals surface area contributed by atoms with Crippen LogP contribution in [-0.4, -0.2) is 41.1 Å². The Morgan fingerprint density at radius 1 is 1.21 bits per heavy atom. The molecule has 7 heteroatoms. The van der Waals surface area contributed by atoms with E-state index in [4.69, 9.17) is 0 Å². The molecule has 154 valence electrons. The van der Waals surface area contributed by atoms with Gasteiger partial charge in [0.1, 0.15) is 18.2 Å². The molecule has 0 bridgehead atoms. The molecule has 1 saturated heterocycles. The van der Waals surface area contributed by atoms with Crippen molar-refractivity contribution in [2.45, 2.75) is 46.6 Å². The van der Waals surface area contributed by atoms with Gasteiger partial charge in [0.2, 0.25) is 0 Å². The van der Waals surface area contributed by atoms with E-state index in [1.165, 1.54) is 17.0 Å². The first-order valence-corrected chi connectivity index (χ1v) is 9.83. The van der Waals surface area contributed by atoms with Crippen LogP contribution in [0.1, 0.15) is 30.5 Å². The fraction of sp³-hybridized carbons (Fsp3) is 0.409. The summed E-state index contributed by atoms with van der Waals surface area (Å²) in [4.78, 5) is 16.3. The van der Waals surface area contributed by atoms with Gasteiger partial charge in [-0.25, -0.2) is 8.78 Å². The lowest BCUT2D eigenvalue weighted by atomic mass is 10.0. The van der Waals surface area contributed by atoms with Crippen LogP contribution in [0.5, 0.6) is 0 Å². The number of benzene rings is 1. The Hall–Kier alpha value is -2.83. The van der Waals surface area contributed by atoms with E-state index < -0.39 is 6.17 Å². The maximum atomic E-state index is 13.6. The van der Waals surface area contributed by atoms with Gasteiger partial charge in [0.25, 0.3) is 5.91 Å². The lowest BCUT2D eigenvalue weighted by Gasteiger charge is -2.37. The summed E-state index contributed by atoms with van der Waals surface area (Å²) in [5.74, 6) is -0.403. The van der Waals surface area contributed by atoms with Crippen LogP contribution < -0.4 is 10.6 Å². The Morgan fingerprint density at radius 3 is 2.48 bits per heavy atom. The molecule has 3 heterocycles. The number of allylic oxidation sites excluding steroid dienone is 2. The SMILES string of the molecule is CC1=C(C)N2C=C(C(=O)N3CC(F)C3)C=C(NCc3c(C)cc(F)cc3C)C2N1. The molecule has 1 unspecified atom stereocenters. The Morgan fingerprint density at radius 2 is 1.86 bits per heavy atom. The number of carbonyl (C=O) groups is 1. The molecule has 1 fully saturated rings. The summed E-state index contributed by atoms with van der Waals surface area (Å²) >= 11 is 0. The monoisotopic (exact) mass is 400 g/mol. The molecular weight excluding hydrogens is 374 g/mol. The molecule has 0 saturated carbocycles. The standard InChI is InChI=1S/C22H26F2N4O/c1-12-5-17(23)6-13(2)19(12)8-25-20-7-16(22(29)27-10-18(24)11-27)9-28-15(4)14(3)26-21(20)28/h5-7,9,18,21,25-26H,8,10-11H2,1-4H3. The van der Waals surface area contributed by atoms with Gasteiger partial charge < -0.3 is 20.4 Å². The van der Waals surface area contributed by atoms with Crippen LogP contribution in [0.4, 0.5) is 8.78 Å². The second kappa shape index (κ2) is 7.21. The van der Waals surface area contributed by atoms with Gasteiger partial charge >= 0.3 is 0 Å². The summed E-state index contributed by atoms with van der Waals surface area (Å²) < 4.78 is 26.8. The molecule has 2 N–H and O–H groups in total.